The van der Waals surface area contributed by atoms with Crippen molar-refractivity contribution < 1.29 is 95.8 Å². The van der Waals surface area contributed by atoms with Crippen molar-refractivity contribution in [3.05, 3.63) is 83.4 Å². The second-order valence-corrected chi connectivity index (χ2v) is 28.4. The summed E-state index contributed by atoms with van der Waals surface area (Å²) in [4.78, 5) is 65.8. The maximum atomic E-state index is 15.6. The van der Waals surface area contributed by atoms with Crippen LogP contribution in [0.15, 0.2) is 65.9 Å². The van der Waals surface area contributed by atoms with E-state index < -0.39 is 163 Å². The zero-order valence-electron chi connectivity index (χ0n) is 58.6. The number of halogens is 1. The van der Waals surface area contributed by atoms with Crippen molar-refractivity contribution in [3.8, 4) is 0 Å². The SMILES string of the molecule is CO[C@@H]1[C@H](O)[C@@H](C)O[C@@H](OC[C@H](C)[C@H]2OC(=O)[C@H](C)[C@@H](O[C@H]3CC(C)N(CCCc4ccccc4)CC(C)O3)[C@H](C)[C@@H](O[C@@H]3O[C@H](C)CC(=NOCc4cn(CC5CC(c6cccc(F)c6)C(=O)O5)nn4)[C@H]3O)[C@@H](C)C[C@](C)(O)C(=O)[C@H](C)[C@H](OC(=O)CC(C)C)[C@H]2C)[C@@H]1OC. The monoisotopic (exact) mass is 1350 g/mol. The molecule has 0 aliphatic carbocycles. The van der Waals surface area contributed by atoms with Crippen LogP contribution in [0.5, 0.6) is 0 Å². The second kappa shape index (κ2) is 34.6. The molecule has 24 atom stereocenters. The third-order valence-corrected chi connectivity index (χ3v) is 19.7. The van der Waals surface area contributed by atoms with Crippen LogP contribution in [0, 0.1) is 47.2 Å². The average Bonchev–Trinajstić information content (AvgIpc) is 1.01. The number of carbonyl (C=O) groups excluding carboxylic acids is 4. The van der Waals surface area contributed by atoms with Crippen LogP contribution in [0.1, 0.15) is 151 Å². The lowest BCUT2D eigenvalue weighted by Crippen LogP contribution is -2.59. The Bertz CT molecular complexity index is 3010. The van der Waals surface area contributed by atoms with E-state index in [4.69, 9.17) is 56.9 Å². The first-order valence-electron chi connectivity index (χ1n) is 34.3. The first kappa shape index (κ1) is 76.3. The van der Waals surface area contributed by atoms with Gasteiger partial charge in [-0.25, -0.2) is 9.07 Å². The maximum Gasteiger partial charge on any atom is 0.313 e. The lowest BCUT2D eigenvalue weighted by atomic mass is 9.74. The number of cyclic esters (lactones) is 2. The second-order valence-electron chi connectivity index (χ2n) is 28.4. The van der Waals surface area contributed by atoms with Crippen molar-refractivity contribution >= 4 is 29.4 Å². The Balaban J connectivity index is 1.09. The first-order valence-corrected chi connectivity index (χ1v) is 34.3. The lowest BCUT2D eigenvalue weighted by molar-refractivity contribution is -0.305. The van der Waals surface area contributed by atoms with Gasteiger partial charge in [0.1, 0.15) is 59.8 Å². The molecule has 0 spiro atoms. The summed E-state index contributed by atoms with van der Waals surface area (Å²) in [5.41, 5.74) is 0.254. The number of ketones is 1. The van der Waals surface area contributed by atoms with Crippen molar-refractivity contribution in [2.45, 2.75) is 258 Å². The Morgan fingerprint density at radius 1 is 0.812 bits per heavy atom. The number of aryl methyl sites for hydroxylation is 1. The molecule has 4 unspecified atom stereocenters. The fraction of sp³-hybridized carbons (Fsp3) is 0.732. The number of methoxy groups -OCH3 is 2. The number of benzene rings is 2. The summed E-state index contributed by atoms with van der Waals surface area (Å²) in [5.74, 6) is -8.99. The van der Waals surface area contributed by atoms with E-state index in [0.29, 0.717) is 30.6 Å². The molecule has 25 heteroatoms. The number of aromatic nitrogens is 3. The molecule has 3 aromatic rings. The highest BCUT2D eigenvalue weighted by Gasteiger charge is 2.52. The molecule has 0 saturated carbocycles. The topological polar surface area (TPSA) is 286 Å². The van der Waals surface area contributed by atoms with Crippen LogP contribution in [-0.2, 0) is 95.7 Å². The van der Waals surface area contributed by atoms with E-state index in [0.717, 1.165) is 19.4 Å². The largest absolute Gasteiger partial charge is 0.461 e. The molecule has 2 aromatic carbocycles. The summed E-state index contributed by atoms with van der Waals surface area (Å²) in [6.45, 7) is 24.6. The Morgan fingerprint density at radius 2 is 1.54 bits per heavy atom. The third-order valence-electron chi connectivity index (χ3n) is 19.7. The van der Waals surface area contributed by atoms with E-state index in [-0.39, 0.29) is 62.8 Å². The number of aliphatic hydroxyl groups excluding tert-OH is 2. The molecule has 1 aromatic heterocycles. The zero-order chi connectivity index (χ0) is 69.9. The molecule has 536 valence electrons. The van der Waals surface area contributed by atoms with Crippen molar-refractivity contribution in [1.82, 2.24) is 19.9 Å². The minimum Gasteiger partial charge on any atom is -0.461 e. The number of hydrogen-bond acceptors (Lipinski definition) is 23. The van der Waals surface area contributed by atoms with Crippen LogP contribution in [0.4, 0.5) is 4.39 Å². The van der Waals surface area contributed by atoms with Gasteiger partial charge in [-0.05, 0) is 102 Å². The number of ether oxygens (including phenoxy) is 11. The summed E-state index contributed by atoms with van der Waals surface area (Å²) in [7, 11) is 2.91. The number of Topliss-reactive ketones (excluding diaryl/α,β-unsaturated/α-hetero) is 1. The Kier molecular flexibility index (Phi) is 27.5. The van der Waals surface area contributed by atoms with Gasteiger partial charge in [0.15, 0.2) is 31.3 Å². The maximum absolute atomic E-state index is 15.6. The summed E-state index contributed by atoms with van der Waals surface area (Å²) in [6.07, 6.45) is -10.1. The zero-order valence-corrected chi connectivity index (χ0v) is 58.6. The number of rotatable bonds is 23. The van der Waals surface area contributed by atoms with Crippen molar-refractivity contribution in [3.63, 3.8) is 0 Å². The summed E-state index contributed by atoms with van der Waals surface area (Å²) in [6, 6.07) is 16.2. The van der Waals surface area contributed by atoms with Gasteiger partial charge in [-0.3, -0.25) is 24.1 Å². The van der Waals surface area contributed by atoms with Crippen LogP contribution >= 0.6 is 0 Å². The molecule has 0 bridgehead atoms. The van der Waals surface area contributed by atoms with Crippen LogP contribution in [-0.4, -0.2) is 202 Å². The van der Waals surface area contributed by atoms with Gasteiger partial charge in [0, 0.05) is 70.2 Å². The number of nitrogens with zero attached hydrogens (tertiary/aromatic N) is 5. The number of esters is 3. The van der Waals surface area contributed by atoms with Gasteiger partial charge in [0.25, 0.3) is 0 Å². The van der Waals surface area contributed by atoms with E-state index in [9.17, 15) is 29.3 Å². The van der Waals surface area contributed by atoms with Gasteiger partial charge in [-0.15, -0.1) is 5.10 Å². The fourth-order valence-electron chi connectivity index (χ4n) is 14.5. The van der Waals surface area contributed by atoms with Crippen LogP contribution < -0.4 is 0 Å². The molecule has 96 heavy (non-hydrogen) atoms. The Hall–Kier alpha value is -5.42. The van der Waals surface area contributed by atoms with Crippen molar-refractivity contribution in [2.24, 2.45) is 46.6 Å². The van der Waals surface area contributed by atoms with Gasteiger partial charge in [0.05, 0.1) is 73.3 Å². The molecule has 0 amide bonds. The van der Waals surface area contributed by atoms with Crippen LogP contribution in [0.3, 0.4) is 0 Å². The Labute approximate surface area is 564 Å². The highest BCUT2D eigenvalue weighted by atomic mass is 19.1. The summed E-state index contributed by atoms with van der Waals surface area (Å²) in [5, 5.41) is 48.8. The molecule has 5 aliphatic rings. The predicted molar refractivity (Wildman–Crippen MR) is 348 cm³/mol. The van der Waals surface area contributed by atoms with Crippen LogP contribution in [0.2, 0.25) is 0 Å². The average molecular weight is 1350 g/mol. The predicted octanol–water partition coefficient (Wildman–Crippen LogP) is 7.68. The molecular formula is C71H106FN5O19. The summed E-state index contributed by atoms with van der Waals surface area (Å²) >= 11 is 0. The molecule has 8 rings (SSSR count). The van der Waals surface area contributed by atoms with Gasteiger partial charge in [-0.1, -0.05) is 101 Å². The van der Waals surface area contributed by atoms with Gasteiger partial charge >= 0.3 is 17.9 Å². The van der Waals surface area contributed by atoms with E-state index in [2.05, 4.69) is 39.4 Å². The van der Waals surface area contributed by atoms with Crippen LogP contribution in [0.25, 0.3) is 0 Å². The highest BCUT2D eigenvalue weighted by molar-refractivity contribution is 5.90. The minimum absolute atomic E-state index is 0.0147. The molecule has 5 aliphatic heterocycles. The molecule has 5 saturated heterocycles. The van der Waals surface area contributed by atoms with E-state index in [1.807, 2.05) is 52.8 Å². The highest BCUT2D eigenvalue weighted by Crippen LogP contribution is 2.40. The van der Waals surface area contributed by atoms with Gasteiger partial charge in [0.2, 0.25) is 0 Å². The lowest BCUT2D eigenvalue weighted by Gasteiger charge is -2.44. The van der Waals surface area contributed by atoms with E-state index in [1.54, 1.807) is 59.9 Å². The third kappa shape index (κ3) is 19.7. The first-order chi connectivity index (χ1) is 45.5. The van der Waals surface area contributed by atoms with Gasteiger partial charge < -0.3 is 72.3 Å². The van der Waals surface area contributed by atoms with Crippen molar-refractivity contribution in [2.75, 3.05) is 33.9 Å². The molecule has 0 radical (unpaired) electrons. The fourth-order valence-corrected chi connectivity index (χ4v) is 14.5. The smallest absolute Gasteiger partial charge is 0.313 e. The number of oxime groups is 1. The molecule has 3 N–H and O–H groups in total. The van der Waals surface area contributed by atoms with E-state index >= 15 is 9.59 Å². The van der Waals surface area contributed by atoms with Crippen molar-refractivity contribution in [1.29, 1.82) is 0 Å². The van der Waals surface area contributed by atoms with E-state index in [1.165, 1.54) is 43.5 Å². The normalized spacial score (nSPS) is 37.0. The standard InChI is InChI=1S/C71H106FN5O19/c1-38(2)27-56(78)93-62-45(9)61(40(4)36-87-70-65(86-15)64(85-14)58(79)48(12)91-70)95-67(82)47(11)63(94-57-28-41(5)76(33-43(7)89-57)26-20-23-49-21-17-16-18-22-49)44(8)60(39(3)32-71(13,84)66(81)46(62)10)96-69-59(80)55(29-42(6)90-69)74-88-37-52-34-77(75-73-52)35-53-31-54(68(83)92-53)50-24-19-25-51(72)30-50/h16-19,21-22,24-25,30,34,38-48,53-54,57-65,69-70,79-80,84H,20,23,26-29,31-33,35-37H2,1-15H3/t39-,40-,41?,42+,43?,44+,45-,46+,47+,48+,53?,54?,57-,58+,59+,60-,61+,62+,63-,64+,65+,69-,70+,71-/m0/s1. The Morgan fingerprint density at radius 3 is 2.24 bits per heavy atom. The molecule has 6 heterocycles. The quantitative estimate of drug-likeness (QED) is 0.0466. The minimum atomic E-state index is -2.10. The summed E-state index contributed by atoms with van der Waals surface area (Å²) < 4.78 is 85.7. The molecular weight excluding hydrogens is 1250 g/mol. The molecule has 5 fully saturated rings. The number of carbonyl (C=O) groups is 4. The van der Waals surface area contributed by atoms with Gasteiger partial charge in [-0.2, -0.15) is 0 Å². The number of aliphatic hydroxyl groups is 3. The molecule has 24 nitrogen and oxygen atoms in total. The number of hydrogen-bond donors (Lipinski definition) is 3.